The third kappa shape index (κ3) is 6.71. The van der Waals surface area contributed by atoms with E-state index in [1.54, 1.807) is 24.3 Å². The molecule has 3 rings (SSSR count). The van der Waals surface area contributed by atoms with Crippen LogP contribution in [0.4, 0.5) is 0 Å². The van der Waals surface area contributed by atoms with E-state index in [9.17, 15) is 9.59 Å². The van der Waals surface area contributed by atoms with Gasteiger partial charge in [0.25, 0.3) is 0 Å². The molecule has 0 unspecified atom stereocenters. The van der Waals surface area contributed by atoms with Crippen molar-refractivity contribution in [3.8, 4) is 5.75 Å². The van der Waals surface area contributed by atoms with Gasteiger partial charge in [-0.05, 0) is 54.8 Å². The predicted octanol–water partition coefficient (Wildman–Crippen LogP) is 4.57. The Morgan fingerprint density at radius 3 is 2.22 bits per heavy atom. The van der Waals surface area contributed by atoms with Crippen molar-refractivity contribution in [2.24, 2.45) is 5.41 Å². The van der Waals surface area contributed by atoms with Gasteiger partial charge in [-0.1, -0.05) is 37.6 Å². The Kier molecular flexibility index (Phi) is 8.15. The fourth-order valence-corrected chi connectivity index (χ4v) is 4.02. The minimum Gasteiger partial charge on any atom is -0.494 e. The van der Waals surface area contributed by atoms with Crippen LogP contribution in [-0.2, 0) is 11.3 Å². The highest BCUT2D eigenvalue weighted by atomic mass is 35.5. The number of halogens is 1. The quantitative estimate of drug-likeness (QED) is 0.557. The van der Waals surface area contributed by atoms with Crippen LogP contribution in [0, 0.1) is 5.41 Å². The number of carboxylic acid groups (broad SMARTS) is 1. The SMILES string of the molecule is CC(C)(CCCOc1ccc(Cl)cc1)C(=O)N1CCN(Cc2ccc(C(=O)O)cc2)CC1. The van der Waals surface area contributed by atoms with Gasteiger partial charge in [0.15, 0.2) is 0 Å². The Labute approximate surface area is 194 Å². The molecule has 32 heavy (non-hydrogen) atoms. The molecule has 1 amide bonds. The molecular weight excluding hydrogens is 428 g/mol. The van der Waals surface area contributed by atoms with Crippen LogP contribution >= 0.6 is 11.6 Å². The van der Waals surface area contributed by atoms with Crippen molar-refractivity contribution in [2.75, 3.05) is 32.8 Å². The van der Waals surface area contributed by atoms with Gasteiger partial charge in [0.1, 0.15) is 5.75 Å². The van der Waals surface area contributed by atoms with Crippen molar-refractivity contribution in [3.63, 3.8) is 0 Å². The first-order chi connectivity index (χ1) is 15.2. The van der Waals surface area contributed by atoms with Crippen LogP contribution in [0.1, 0.15) is 42.6 Å². The van der Waals surface area contributed by atoms with E-state index < -0.39 is 11.4 Å². The third-order valence-electron chi connectivity index (χ3n) is 5.87. The highest BCUT2D eigenvalue weighted by Gasteiger charge is 2.33. The van der Waals surface area contributed by atoms with Crippen LogP contribution in [0.5, 0.6) is 5.75 Å². The second-order valence-electron chi connectivity index (χ2n) is 8.86. The Morgan fingerprint density at radius 1 is 1.00 bits per heavy atom. The first-order valence-electron chi connectivity index (χ1n) is 11.0. The molecule has 0 bridgehead atoms. The number of rotatable bonds is 9. The Morgan fingerprint density at radius 2 is 1.62 bits per heavy atom. The second-order valence-corrected chi connectivity index (χ2v) is 9.30. The molecule has 2 aromatic carbocycles. The molecule has 7 heteroatoms. The van der Waals surface area contributed by atoms with E-state index in [1.807, 2.05) is 43.0 Å². The van der Waals surface area contributed by atoms with Crippen molar-refractivity contribution < 1.29 is 19.4 Å². The number of carbonyl (C=O) groups is 2. The number of carbonyl (C=O) groups excluding carboxylic acids is 1. The molecule has 0 atom stereocenters. The molecule has 0 aromatic heterocycles. The van der Waals surface area contributed by atoms with E-state index in [2.05, 4.69) is 4.90 Å². The lowest BCUT2D eigenvalue weighted by Crippen LogP contribution is -2.51. The molecular formula is C25H31ClN2O4. The first-order valence-corrected chi connectivity index (χ1v) is 11.3. The minimum atomic E-state index is -0.914. The molecule has 0 radical (unpaired) electrons. The number of hydrogen-bond donors (Lipinski definition) is 1. The molecule has 2 aromatic rings. The van der Waals surface area contributed by atoms with Gasteiger partial charge in [0.2, 0.25) is 5.91 Å². The Balaban J connectivity index is 1.41. The maximum atomic E-state index is 13.1. The standard InChI is InChI=1S/C25H31ClN2O4/c1-25(2,12-3-17-32-22-10-8-21(26)9-11-22)24(31)28-15-13-27(14-16-28)18-19-4-6-20(7-5-19)23(29)30/h4-11H,3,12-18H2,1-2H3,(H,29,30). The van der Waals surface area contributed by atoms with Crippen molar-refractivity contribution in [3.05, 3.63) is 64.7 Å². The van der Waals surface area contributed by atoms with Crippen molar-refractivity contribution in [2.45, 2.75) is 33.2 Å². The van der Waals surface area contributed by atoms with E-state index in [0.29, 0.717) is 30.3 Å². The number of piperazine rings is 1. The van der Waals surface area contributed by atoms with Gasteiger partial charge >= 0.3 is 5.97 Å². The van der Waals surface area contributed by atoms with Gasteiger partial charge < -0.3 is 14.7 Å². The molecule has 1 N–H and O–H groups in total. The summed E-state index contributed by atoms with van der Waals surface area (Å²) in [6, 6.07) is 14.3. The maximum absolute atomic E-state index is 13.1. The molecule has 1 aliphatic heterocycles. The van der Waals surface area contributed by atoms with Crippen LogP contribution < -0.4 is 4.74 Å². The van der Waals surface area contributed by atoms with Gasteiger partial charge in [0.05, 0.1) is 12.2 Å². The summed E-state index contributed by atoms with van der Waals surface area (Å²) < 4.78 is 5.75. The molecule has 1 aliphatic rings. The third-order valence-corrected chi connectivity index (χ3v) is 6.13. The lowest BCUT2D eigenvalue weighted by Gasteiger charge is -2.38. The monoisotopic (exact) mass is 458 g/mol. The van der Waals surface area contributed by atoms with Crippen molar-refractivity contribution in [1.82, 2.24) is 9.80 Å². The van der Waals surface area contributed by atoms with E-state index in [0.717, 1.165) is 43.8 Å². The van der Waals surface area contributed by atoms with Crippen molar-refractivity contribution in [1.29, 1.82) is 0 Å². The van der Waals surface area contributed by atoms with E-state index in [1.165, 1.54) is 0 Å². The van der Waals surface area contributed by atoms with Crippen LogP contribution in [0.2, 0.25) is 5.02 Å². The number of carboxylic acids is 1. The van der Waals surface area contributed by atoms with Gasteiger partial charge in [-0.3, -0.25) is 9.69 Å². The molecule has 0 aliphatic carbocycles. The summed E-state index contributed by atoms with van der Waals surface area (Å²) in [7, 11) is 0. The Bertz CT molecular complexity index is 905. The zero-order chi connectivity index (χ0) is 23.1. The lowest BCUT2D eigenvalue weighted by atomic mass is 9.86. The maximum Gasteiger partial charge on any atom is 0.335 e. The van der Waals surface area contributed by atoms with Crippen LogP contribution in [-0.4, -0.2) is 59.6 Å². The van der Waals surface area contributed by atoms with Crippen LogP contribution in [0.15, 0.2) is 48.5 Å². The van der Waals surface area contributed by atoms with Gasteiger partial charge in [0, 0.05) is 43.2 Å². The zero-order valence-corrected chi connectivity index (χ0v) is 19.5. The van der Waals surface area contributed by atoms with Crippen molar-refractivity contribution >= 4 is 23.5 Å². The van der Waals surface area contributed by atoms with Crippen LogP contribution in [0.25, 0.3) is 0 Å². The average Bonchev–Trinajstić information content (AvgIpc) is 2.78. The summed E-state index contributed by atoms with van der Waals surface area (Å²) in [5.41, 5.74) is 0.943. The van der Waals surface area contributed by atoms with E-state index >= 15 is 0 Å². The largest absolute Gasteiger partial charge is 0.494 e. The summed E-state index contributed by atoms with van der Waals surface area (Å²) in [5, 5.41) is 9.69. The number of amides is 1. The van der Waals surface area contributed by atoms with Crippen LogP contribution in [0.3, 0.4) is 0 Å². The highest BCUT2D eigenvalue weighted by molar-refractivity contribution is 6.30. The fraction of sp³-hybridized carbons (Fsp3) is 0.440. The van der Waals surface area contributed by atoms with E-state index in [-0.39, 0.29) is 5.91 Å². The summed E-state index contributed by atoms with van der Waals surface area (Å²) >= 11 is 5.89. The molecule has 1 heterocycles. The summed E-state index contributed by atoms with van der Waals surface area (Å²) in [4.78, 5) is 28.3. The number of benzene rings is 2. The topological polar surface area (TPSA) is 70.1 Å². The number of hydrogen-bond acceptors (Lipinski definition) is 4. The molecule has 1 saturated heterocycles. The van der Waals surface area contributed by atoms with E-state index in [4.69, 9.17) is 21.4 Å². The summed E-state index contributed by atoms with van der Waals surface area (Å²) in [6.07, 6.45) is 1.56. The molecule has 1 fully saturated rings. The smallest absolute Gasteiger partial charge is 0.335 e. The number of nitrogens with zero attached hydrogens (tertiary/aromatic N) is 2. The van der Waals surface area contributed by atoms with Gasteiger partial charge in [-0.25, -0.2) is 4.79 Å². The second kappa shape index (κ2) is 10.8. The summed E-state index contributed by atoms with van der Waals surface area (Å²) in [6.45, 7) is 8.36. The van der Waals surface area contributed by atoms with Gasteiger partial charge in [-0.15, -0.1) is 0 Å². The first kappa shape index (κ1) is 24.1. The lowest BCUT2D eigenvalue weighted by molar-refractivity contribution is -0.142. The molecule has 6 nitrogen and oxygen atoms in total. The highest BCUT2D eigenvalue weighted by Crippen LogP contribution is 2.27. The van der Waals surface area contributed by atoms with Gasteiger partial charge in [-0.2, -0.15) is 0 Å². The Hall–Kier alpha value is -2.57. The molecule has 0 spiro atoms. The molecule has 0 saturated carbocycles. The normalized spacial score (nSPS) is 14.9. The fourth-order valence-electron chi connectivity index (χ4n) is 3.89. The number of ether oxygens (including phenoxy) is 1. The zero-order valence-electron chi connectivity index (χ0n) is 18.7. The predicted molar refractivity (Wildman–Crippen MR) is 125 cm³/mol. The number of aromatic carboxylic acids is 1. The molecule has 172 valence electrons. The minimum absolute atomic E-state index is 0.189. The summed E-state index contributed by atoms with van der Waals surface area (Å²) in [5.74, 6) is 0.0598. The average molecular weight is 459 g/mol.